The first kappa shape index (κ1) is 5.83. The number of hydrogen-bond acceptors (Lipinski definition) is 1. The minimum Gasteiger partial charge on any atom is -0.478 e. The van der Waals surface area contributed by atoms with Crippen LogP contribution in [0, 0.1) is 6.20 Å². The Balaban J connectivity index is 2.76. The Kier molecular flexibility index (Phi) is 1.15. The molecular weight excluding hydrogens is 156 g/mol. The van der Waals surface area contributed by atoms with Crippen LogP contribution < -0.4 is 0 Å². The molecule has 1 aromatic heterocycles. The summed E-state index contributed by atoms with van der Waals surface area (Å²) in [5.41, 5.74) is 0.750. The van der Waals surface area contributed by atoms with E-state index in [9.17, 15) is 4.79 Å². The standard InChI is InChI=1S/C9H6NO2/c11-9(12)7-5-10-8-4-2-1-3-6(7)8/h1-4,10H,(H,11,12)/i2T,9+2. The number of para-hydroxylation sites is 1. The van der Waals surface area contributed by atoms with E-state index in [2.05, 4.69) is 11.2 Å². The number of benzene rings is 1. The highest BCUT2D eigenvalue weighted by Gasteiger charge is 2.09. The summed E-state index contributed by atoms with van der Waals surface area (Å²) < 4.78 is 7.31. The van der Waals surface area contributed by atoms with Gasteiger partial charge in [-0.1, -0.05) is 18.2 Å². The predicted molar refractivity (Wildman–Crippen MR) is 44.1 cm³/mol. The van der Waals surface area contributed by atoms with E-state index in [-0.39, 0.29) is 5.56 Å². The minimum absolute atomic E-state index is 0.120. The maximum absolute atomic E-state index is 10.7. The van der Waals surface area contributed by atoms with Crippen LogP contribution >= 0.6 is 0 Å². The largest absolute Gasteiger partial charge is 0.478 e. The number of H-pyrrole nitrogens is 1. The molecule has 12 heavy (non-hydrogen) atoms. The molecule has 0 amide bonds. The van der Waals surface area contributed by atoms with Gasteiger partial charge < -0.3 is 10.1 Å². The van der Waals surface area contributed by atoms with Gasteiger partial charge in [0.25, 0.3) is 0 Å². The lowest BCUT2D eigenvalue weighted by Gasteiger charge is -1.89. The highest BCUT2D eigenvalue weighted by molar-refractivity contribution is 6.02. The predicted octanol–water partition coefficient (Wildman–Crippen LogP) is 1.67. The van der Waals surface area contributed by atoms with Crippen LogP contribution in [0.4, 0.5) is 0 Å². The number of fused-ring (bicyclic) bond motifs is 1. The average molecular weight is 164 g/mol. The number of hydrogen-bond donors (Lipinski definition) is 2. The van der Waals surface area contributed by atoms with Crippen LogP contribution in [0.3, 0.4) is 0 Å². The molecule has 3 heteroatoms. The van der Waals surface area contributed by atoms with Crippen molar-refractivity contribution in [2.24, 2.45) is 0 Å². The lowest BCUT2D eigenvalue weighted by Crippen LogP contribution is -1.93. The van der Waals surface area contributed by atoms with Crippen molar-refractivity contribution in [3.63, 3.8) is 0 Å². The smallest absolute Gasteiger partial charge is 0.338 e. The van der Waals surface area contributed by atoms with Gasteiger partial charge in [-0.2, -0.15) is 0 Å². The average Bonchev–Trinajstić information content (AvgIpc) is 2.46. The summed E-state index contributed by atoms with van der Waals surface area (Å²) in [6, 6.07) is 5.07. The number of nitrogens with one attached hydrogen (secondary N) is 1. The molecule has 0 spiro atoms. The van der Waals surface area contributed by atoms with Crippen molar-refractivity contribution in [3.05, 3.63) is 36.0 Å². The fourth-order valence-corrected chi connectivity index (χ4v) is 1.12. The zero-order valence-electron chi connectivity index (χ0n) is 7.09. The third-order valence-corrected chi connectivity index (χ3v) is 1.67. The molecule has 0 unspecified atom stereocenters. The van der Waals surface area contributed by atoms with E-state index in [4.69, 9.17) is 6.48 Å². The van der Waals surface area contributed by atoms with Crippen molar-refractivity contribution in [2.45, 2.75) is 0 Å². The van der Waals surface area contributed by atoms with Gasteiger partial charge in [-0.25, -0.2) is 4.79 Å². The van der Waals surface area contributed by atoms with Gasteiger partial charge in [-0.3, -0.25) is 0 Å². The van der Waals surface area contributed by atoms with E-state index in [0.717, 1.165) is 0 Å². The van der Waals surface area contributed by atoms with E-state index >= 15 is 0 Å². The highest BCUT2D eigenvalue weighted by atomic mass is 16.6. The molecule has 0 aliphatic carbocycles. The fraction of sp³-hybridized carbons (Fsp3) is 0. The molecule has 2 aromatic rings. The van der Waals surface area contributed by atoms with Gasteiger partial charge in [0.15, 0.2) is 0 Å². The summed E-state index contributed by atoms with van der Waals surface area (Å²) in [6.45, 7) is 0. The topological polar surface area (TPSA) is 53.1 Å². The summed E-state index contributed by atoms with van der Waals surface area (Å²) in [5.74, 6) is -1.01. The van der Waals surface area contributed by atoms with Crippen LogP contribution in [0.25, 0.3) is 10.9 Å². The molecule has 0 atom stereocenters. The maximum atomic E-state index is 10.7. The third kappa shape index (κ3) is 0.871. The lowest BCUT2D eigenvalue weighted by molar-refractivity contribution is 0.0698. The van der Waals surface area contributed by atoms with Crippen LogP contribution in [0.1, 0.15) is 11.7 Å². The normalized spacial score (nSPS) is 11.5. The van der Waals surface area contributed by atoms with E-state index in [0.29, 0.717) is 16.9 Å². The molecule has 1 aromatic carbocycles. The highest BCUT2D eigenvalue weighted by Crippen LogP contribution is 2.16. The molecule has 0 saturated carbocycles. The zero-order chi connectivity index (χ0) is 9.42. The second-order valence-electron chi connectivity index (χ2n) is 2.40. The molecule has 3 nitrogen and oxygen atoms in total. The van der Waals surface area contributed by atoms with Crippen LogP contribution in [0.5, 0.6) is 0 Å². The molecule has 1 heterocycles. The Morgan fingerprint density at radius 3 is 3.25 bits per heavy atom. The summed E-state index contributed by atoms with van der Waals surface area (Å²) in [6.07, 6.45) is 2.53. The van der Waals surface area contributed by atoms with Crippen molar-refractivity contribution in [1.29, 1.82) is 0 Å². The Morgan fingerprint density at radius 1 is 1.67 bits per heavy atom. The monoisotopic (exact) mass is 164 g/mol. The first-order valence-electron chi connectivity index (χ1n) is 3.92. The molecule has 2 rings (SSSR count). The molecule has 0 fully saturated rings. The maximum Gasteiger partial charge on any atom is 0.338 e. The van der Waals surface area contributed by atoms with Crippen molar-refractivity contribution >= 4 is 16.9 Å². The minimum atomic E-state index is -1.01. The van der Waals surface area contributed by atoms with Gasteiger partial charge in [0.1, 0.15) is 0 Å². The second-order valence-corrected chi connectivity index (χ2v) is 2.40. The Labute approximate surface area is 70.0 Å². The SMILES string of the molecule is [3H]c1ccc2c([14C](=O)O)[c][nH]c2c1. The van der Waals surface area contributed by atoms with Gasteiger partial charge in [0.2, 0.25) is 0 Å². The molecule has 2 N–H and O–H groups in total. The number of aromatic nitrogens is 1. The number of carbonyl (C=O) groups is 1. The van der Waals surface area contributed by atoms with Gasteiger partial charge in [0.05, 0.1) is 13.1 Å². The number of aromatic amines is 1. The summed E-state index contributed by atoms with van der Waals surface area (Å²) in [5, 5.41) is 9.33. The third-order valence-electron chi connectivity index (χ3n) is 1.67. The van der Waals surface area contributed by atoms with Gasteiger partial charge in [-0.15, -0.1) is 0 Å². The Bertz CT molecular complexity index is 475. The summed E-state index contributed by atoms with van der Waals surface area (Å²) in [7, 11) is 0. The zero-order valence-corrected chi connectivity index (χ0v) is 6.09. The van der Waals surface area contributed by atoms with Crippen LogP contribution in [-0.4, -0.2) is 16.1 Å². The van der Waals surface area contributed by atoms with Gasteiger partial charge in [0, 0.05) is 10.9 Å². The molecule has 59 valence electrons. The lowest BCUT2D eigenvalue weighted by atomic mass is 10.2. The quantitative estimate of drug-likeness (QED) is 0.673. The second kappa shape index (κ2) is 2.37. The van der Waals surface area contributed by atoms with Crippen molar-refractivity contribution in [2.75, 3.05) is 0 Å². The van der Waals surface area contributed by atoms with Gasteiger partial charge >= 0.3 is 5.97 Å². The Hall–Kier alpha value is -1.77. The van der Waals surface area contributed by atoms with Crippen LogP contribution in [0.15, 0.2) is 24.2 Å². The number of carboxylic acids is 1. The number of carboxylic acid groups (broad SMARTS) is 1. The van der Waals surface area contributed by atoms with Crippen LogP contribution in [-0.2, 0) is 0 Å². The molecule has 0 bridgehead atoms. The van der Waals surface area contributed by atoms with Crippen molar-refractivity contribution in [3.8, 4) is 0 Å². The van der Waals surface area contributed by atoms with E-state index in [1.165, 1.54) is 0 Å². The van der Waals surface area contributed by atoms with Crippen molar-refractivity contribution < 1.29 is 11.3 Å². The van der Waals surface area contributed by atoms with E-state index in [1.54, 1.807) is 18.2 Å². The summed E-state index contributed by atoms with van der Waals surface area (Å²) in [4.78, 5) is 13.3. The van der Waals surface area contributed by atoms with Gasteiger partial charge in [-0.05, 0) is 6.07 Å². The molecule has 0 saturated heterocycles. The van der Waals surface area contributed by atoms with Crippen molar-refractivity contribution in [1.82, 2.24) is 4.98 Å². The Morgan fingerprint density at radius 2 is 2.50 bits per heavy atom. The summed E-state index contributed by atoms with van der Waals surface area (Å²) >= 11 is 0. The number of aromatic carboxylic acids is 1. The van der Waals surface area contributed by atoms with E-state index < -0.39 is 5.97 Å². The molecule has 0 aliphatic rings. The molecule has 0 aliphatic heterocycles. The first-order chi connectivity index (χ1) is 6.18. The fourth-order valence-electron chi connectivity index (χ4n) is 1.12. The van der Waals surface area contributed by atoms with E-state index in [1.807, 2.05) is 0 Å². The first-order valence-corrected chi connectivity index (χ1v) is 3.42. The number of rotatable bonds is 1. The molecular formula is C9H6NO2. The molecule has 1 radical (unpaired) electrons. The van der Waals surface area contributed by atoms with Crippen LogP contribution in [0.2, 0.25) is 0 Å².